The van der Waals surface area contributed by atoms with Gasteiger partial charge in [-0.1, -0.05) is 11.8 Å². The van der Waals surface area contributed by atoms with Crippen molar-refractivity contribution in [3.8, 4) is 0 Å². The zero-order chi connectivity index (χ0) is 31.5. The summed E-state index contributed by atoms with van der Waals surface area (Å²) < 4.78 is 37.6. The summed E-state index contributed by atoms with van der Waals surface area (Å²) in [7, 11) is -4.24. The first kappa shape index (κ1) is 34.6. The van der Waals surface area contributed by atoms with Gasteiger partial charge in [0.15, 0.2) is 22.8 Å². The third kappa shape index (κ3) is 7.98. The quantitative estimate of drug-likeness (QED) is 0.0995. The van der Waals surface area contributed by atoms with Crippen molar-refractivity contribution in [2.24, 2.45) is 5.41 Å². The lowest BCUT2D eigenvalue weighted by Crippen LogP contribution is -2.40. The van der Waals surface area contributed by atoms with Gasteiger partial charge in [0, 0.05) is 5.75 Å². The maximum absolute atomic E-state index is 13.7. The van der Waals surface area contributed by atoms with Crippen molar-refractivity contribution < 1.29 is 42.9 Å². The number of anilines is 1. The van der Waals surface area contributed by atoms with Crippen LogP contribution in [0.15, 0.2) is 12.7 Å². The van der Waals surface area contributed by atoms with Crippen molar-refractivity contribution in [3.63, 3.8) is 0 Å². The zero-order valence-corrected chi connectivity index (χ0v) is 26.7. The normalized spacial score (nSPS) is 25.0. The zero-order valence-electron chi connectivity index (χ0n) is 24.2. The van der Waals surface area contributed by atoms with E-state index < -0.39 is 61.2 Å². The molecule has 0 amide bonds. The molecule has 0 unspecified atom stereocenters. The molecule has 0 bridgehead atoms. The molecular weight excluding hydrogens is 615 g/mol. The number of halogens is 1. The summed E-state index contributed by atoms with van der Waals surface area (Å²) in [4.78, 5) is 35.6. The Morgan fingerprint density at radius 2 is 2.00 bits per heavy atom. The first-order valence-corrected chi connectivity index (χ1v) is 16.0. The van der Waals surface area contributed by atoms with Gasteiger partial charge < -0.3 is 25.4 Å². The third-order valence-corrected chi connectivity index (χ3v) is 9.66. The Bertz CT molecular complexity index is 1310. The molecule has 2 aromatic heterocycles. The van der Waals surface area contributed by atoms with Gasteiger partial charge in [0.2, 0.25) is 0 Å². The molecule has 2 aromatic rings. The Morgan fingerprint density at radius 3 is 2.64 bits per heavy atom. The van der Waals surface area contributed by atoms with Crippen LogP contribution >= 0.6 is 31.1 Å². The van der Waals surface area contributed by atoms with E-state index in [2.05, 4.69) is 20.0 Å². The van der Waals surface area contributed by atoms with Crippen LogP contribution in [-0.4, -0.2) is 95.6 Å². The maximum Gasteiger partial charge on any atom is 0.406 e. The fourth-order valence-electron chi connectivity index (χ4n) is 3.85. The first-order chi connectivity index (χ1) is 19.5. The number of rotatable bonds is 14. The number of aliphatic hydroxyl groups is 2. The van der Waals surface area contributed by atoms with Crippen LogP contribution in [-0.2, 0) is 32.7 Å². The van der Waals surface area contributed by atoms with Crippen molar-refractivity contribution in [2.45, 2.75) is 77.0 Å². The molecule has 0 saturated carbocycles. The van der Waals surface area contributed by atoms with Gasteiger partial charge in [-0.3, -0.25) is 23.2 Å². The molecule has 3 rings (SSSR count). The number of carbonyl (C=O) groups excluding carboxylic acids is 2. The fraction of sp³-hybridized carbons (Fsp3) is 0.708. The number of nitrogens with zero attached hydrogens (tertiary/aromatic N) is 4. The molecule has 0 aliphatic carbocycles. The van der Waals surface area contributed by atoms with E-state index in [0.717, 1.165) is 11.8 Å². The number of thioether (sulfide) groups is 1. The number of fused-ring (bicyclic) bond motifs is 1. The second kappa shape index (κ2) is 13.8. The summed E-state index contributed by atoms with van der Waals surface area (Å²) in [6.07, 6.45) is -1.13. The molecule has 1 aliphatic heterocycles. The fourth-order valence-corrected chi connectivity index (χ4v) is 6.56. The number of carbonyl (C=O) groups is 2. The van der Waals surface area contributed by atoms with Crippen LogP contribution in [0.3, 0.4) is 0 Å². The molecule has 5 N–H and O–H groups in total. The van der Waals surface area contributed by atoms with E-state index in [1.807, 2.05) is 0 Å². The average molecular weight is 653 g/mol. The number of nitrogen functional groups attached to an aromatic ring is 1. The predicted molar refractivity (Wildman–Crippen MR) is 156 cm³/mol. The van der Waals surface area contributed by atoms with Crippen LogP contribution in [0.4, 0.5) is 5.82 Å². The SMILES string of the molecule is CC(C)OC(=O)[C@@H](C)N[P@@](=O)(OCCSC(=O)C(C)(C)CO)OC[C@H]1O[C@@H](n2cnc3c(N)ncnc32)[C@](C)(Cl)[C@@H]1O. The van der Waals surface area contributed by atoms with E-state index in [4.69, 9.17) is 35.9 Å². The van der Waals surface area contributed by atoms with Gasteiger partial charge >= 0.3 is 13.7 Å². The summed E-state index contributed by atoms with van der Waals surface area (Å²) in [5.74, 6) is -0.446. The smallest absolute Gasteiger partial charge is 0.406 e. The van der Waals surface area contributed by atoms with Crippen molar-refractivity contribution in [1.29, 1.82) is 0 Å². The Kier molecular flexibility index (Phi) is 11.4. The minimum absolute atomic E-state index is 0.0885. The van der Waals surface area contributed by atoms with Gasteiger partial charge in [-0.15, -0.1) is 11.6 Å². The standard InChI is InChI=1S/C24H38ClN6O9PS/c1-13(2)39-20(34)14(3)30-41(36,37-7-8-42-22(35)23(4,5)10-32)38-9-15-17(33)24(6,25)21(40-15)31-12-29-16-18(26)27-11-28-19(16)31/h11-15,17,21,32-33H,7-10H2,1-6H3,(H,30,36)(H2,26,27,28)/t14-,15-,17-,21-,24-,41-/m1/s1. The van der Waals surface area contributed by atoms with Crippen molar-refractivity contribution in [3.05, 3.63) is 12.7 Å². The Hall–Kier alpha value is -1.88. The molecule has 6 atom stereocenters. The Balaban J connectivity index is 1.74. The van der Waals surface area contributed by atoms with Crippen molar-refractivity contribution >= 4 is 59.2 Å². The number of hydrogen-bond acceptors (Lipinski definition) is 14. The number of nitrogens with one attached hydrogen (secondary N) is 1. The van der Waals surface area contributed by atoms with Gasteiger partial charge in [-0.25, -0.2) is 24.6 Å². The molecule has 1 aliphatic rings. The average Bonchev–Trinajstić information content (AvgIpc) is 3.44. The van der Waals surface area contributed by atoms with E-state index in [9.17, 15) is 24.4 Å². The predicted octanol–water partition coefficient (Wildman–Crippen LogP) is 2.01. The van der Waals surface area contributed by atoms with Gasteiger partial charge in [0.25, 0.3) is 0 Å². The molecule has 3 heterocycles. The van der Waals surface area contributed by atoms with Crippen LogP contribution in [0.1, 0.15) is 47.8 Å². The van der Waals surface area contributed by atoms with Gasteiger partial charge in [0.05, 0.1) is 37.7 Å². The molecule has 15 nitrogen and oxygen atoms in total. The largest absolute Gasteiger partial charge is 0.462 e. The minimum atomic E-state index is -4.24. The molecule has 42 heavy (non-hydrogen) atoms. The lowest BCUT2D eigenvalue weighted by molar-refractivity contribution is -0.149. The van der Waals surface area contributed by atoms with E-state index >= 15 is 0 Å². The van der Waals surface area contributed by atoms with Crippen LogP contribution in [0.2, 0.25) is 0 Å². The highest BCUT2D eigenvalue weighted by molar-refractivity contribution is 8.13. The molecule has 1 saturated heterocycles. The summed E-state index contributed by atoms with van der Waals surface area (Å²) >= 11 is 7.63. The number of esters is 1. The first-order valence-electron chi connectivity index (χ1n) is 13.1. The van der Waals surface area contributed by atoms with Crippen molar-refractivity contribution in [2.75, 3.05) is 31.3 Å². The number of nitrogens with two attached hydrogens (primary N) is 1. The molecule has 1 fully saturated rings. The molecule has 18 heteroatoms. The van der Waals surface area contributed by atoms with Gasteiger partial charge in [-0.2, -0.15) is 0 Å². The lowest BCUT2D eigenvalue weighted by Gasteiger charge is -2.26. The second-order valence-electron chi connectivity index (χ2n) is 10.8. The third-order valence-electron chi connectivity index (χ3n) is 6.35. The number of aromatic nitrogens is 4. The Labute approximate surface area is 252 Å². The van der Waals surface area contributed by atoms with Crippen LogP contribution in [0.25, 0.3) is 11.2 Å². The highest BCUT2D eigenvalue weighted by Gasteiger charge is 2.54. The number of hydrogen-bond donors (Lipinski definition) is 4. The highest BCUT2D eigenvalue weighted by Crippen LogP contribution is 2.48. The Morgan fingerprint density at radius 1 is 1.31 bits per heavy atom. The number of imidazole rings is 1. The summed E-state index contributed by atoms with van der Waals surface area (Å²) in [6, 6.07) is -1.09. The summed E-state index contributed by atoms with van der Waals surface area (Å²) in [5, 5.41) is 22.7. The van der Waals surface area contributed by atoms with Crippen molar-refractivity contribution in [1.82, 2.24) is 24.6 Å². The highest BCUT2D eigenvalue weighted by atomic mass is 35.5. The lowest BCUT2D eigenvalue weighted by atomic mass is 9.97. The molecular formula is C24H38ClN6O9PS. The van der Waals surface area contributed by atoms with E-state index in [1.54, 1.807) is 34.6 Å². The summed E-state index contributed by atoms with van der Waals surface area (Å²) in [6.45, 7) is 8.52. The number of aliphatic hydroxyl groups excluding tert-OH is 2. The van der Waals surface area contributed by atoms with E-state index in [-0.39, 0.29) is 29.9 Å². The topological polar surface area (TPSA) is 210 Å². The van der Waals surface area contributed by atoms with Crippen LogP contribution < -0.4 is 10.8 Å². The minimum Gasteiger partial charge on any atom is -0.462 e. The second-order valence-corrected chi connectivity index (χ2v) is 14.5. The monoisotopic (exact) mass is 652 g/mol. The molecule has 0 aromatic carbocycles. The molecule has 236 valence electrons. The number of ether oxygens (including phenoxy) is 2. The maximum atomic E-state index is 13.7. The van der Waals surface area contributed by atoms with E-state index in [0.29, 0.717) is 11.2 Å². The summed E-state index contributed by atoms with van der Waals surface area (Å²) in [5.41, 5.74) is 5.58. The van der Waals surface area contributed by atoms with Crippen LogP contribution in [0.5, 0.6) is 0 Å². The van der Waals surface area contributed by atoms with Gasteiger partial charge in [-0.05, 0) is 41.5 Å². The molecule has 0 spiro atoms. The molecule has 0 radical (unpaired) electrons. The van der Waals surface area contributed by atoms with Gasteiger partial charge in [0.1, 0.15) is 35.0 Å². The van der Waals surface area contributed by atoms with E-state index in [1.165, 1.54) is 24.1 Å². The van der Waals surface area contributed by atoms with Crippen LogP contribution in [0, 0.1) is 5.41 Å². The number of alkyl halides is 1.